The molecule has 0 radical (unpaired) electrons. The third kappa shape index (κ3) is 4.05. The van der Waals surface area contributed by atoms with Gasteiger partial charge in [0.15, 0.2) is 0 Å². The van der Waals surface area contributed by atoms with Crippen LogP contribution in [0.15, 0.2) is 58.2 Å². The first-order chi connectivity index (χ1) is 14.3. The minimum atomic E-state index is -4.00. The van der Waals surface area contributed by atoms with Gasteiger partial charge in [0.1, 0.15) is 5.82 Å². The van der Waals surface area contributed by atoms with E-state index >= 15 is 0 Å². The maximum atomic E-state index is 13.1. The molecule has 156 valence electrons. The summed E-state index contributed by atoms with van der Waals surface area (Å²) in [6, 6.07) is 10.2. The molecule has 3 aromatic rings. The van der Waals surface area contributed by atoms with Crippen molar-refractivity contribution in [2.45, 2.75) is 4.90 Å². The third-order valence-electron chi connectivity index (χ3n) is 4.75. The van der Waals surface area contributed by atoms with Crippen LogP contribution in [0.4, 0.5) is 10.1 Å². The Hall–Kier alpha value is -3.24. The number of fused-ring (bicyclic) bond motifs is 1. The highest BCUT2D eigenvalue weighted by molar-refractivity contribution is 7.92. The molecule has 8 nitrogen and oxygen atoms in total. The topological polar surface area (TPSA) is 109 Å². The van der Waals surface area contributed by atoms with E-state index in [1.165, 1.54) is 36.4 Å². The molecule has 2 heterocycles. The lowest BCUT2D eigenvalue weighted by Crippen LogP contribution is -2.41. The molecule has 10 heteroatoms. The molecule has 1 aliphatic rings. The van der Waals surface area contributed by atoms with Crippen molar-refractivity contribution >= 4 is 32.5 Å². The molecule has 2 aromatic carbocycles. The molecule has 1 saturated heterocycles. The average molecular weight is 431 g/mol. The molecule has 1 aliphatic heterocycles. The van der Waals surface area contributed by atoms with Gasteiger partial charge < -0.3 is 14.6 Å². The Labute approximate surface area is 171 Å². The number of nitrogens with one attached hydrogen (secondary N) is 2. The number of halogens is 1. The van der Waals surface area contributed by atoms with Crippen LogP contribution < -0.4 is 10.3 Å². The second-order valence-electron chi connectivity index (χ2n) is 6.77. The van der Waals surface area contributed by atoms with Crippen molar-refractivity contribution in [3.05, 3.63) is 70.3 Å². The van der Waals surface area contributed by atoms with E-state index in [0.717, 1.165) is 12.1 Å². The number of aromatic nitrogens is 1. The van der Waals surface area contributed by atoms with E-state index in [2.05, 4.69) is 9.71 Å². The fraction of sp³-hybridized carbons (Fsp3) is 0.200. The van der Waals surface area contributed by atoms with E-state index in [0.29, 0.717) is 37.2 Å². The van der Waals surface area contributed by atoms with Gasteiger partial charge in [-0.2, -0.15) is 0 Å². The average Bonchev–Trinajstić information content (AvgIpc) is 2.74. The third-order valence-corrected chi connectivity index (χ3v) is 6.13. The molecule has 0 spiro atoms. The van der Waals surface area contributed by atoms with Crippen LogP contribution in [0.2, 0.25) is 0 Å². The molecule has 0 unspecified atom stereocenters. The molecule has 30 heavy (non-hydrogen) atoms. The second-order valence-corrected chi connectivity index (χ2v) is 8.45. The van der Waals surface area contributed by atoms with Gasteiger partial charge in [0, 0.05) is 35.7 Å². The van der Waals surface area contributed by atoms with Gasteiger partial charge in [-0.25, -0.2) is 12.8 Å². The molecule has 0 atom stereocenters. The molecule has 1 fully saturated rings. The molecular weight excluding hydrogens is 413 g/mol. The van der Waals surface area contributed by atoms with Crippen LogP contribution >= 0.6 is 0 Å². The van der Waals surface area contributed by atoms with Crippen LogP contribution in [0.25, 0.3) is 10.9 Å². The Bertz CT molecular complexity index is 1270. The number of aromatic amines is 1. The zero-order valence-electron chi connectivity index (χ0n) is 15.7. The normalized spacial score (nSPS) is 14.6. The number of hydrogen-bond donors (Lipinski definition) is 2. The summed E-state index contributed by atoms with van der Waals surface area (Å²) in [4.78, 5) is 29.1. The Kier molecular flexibility index (Phi) is 5.27. The minimum Gasteiger partial charge on any atom is -0.378 e. The van der Waals surface area contributed by atoms with E-state index in [4.69, 9.17) is 4.74 Å². The lowest BCUT2D eigenvalue weighted by Gasteiger charge is -2.27. The predicted molar refractivity (Wildman–Crippen MR) is 108 cm³/mol. The van der Waals surface area contributed by atoms with Crippen molar-refractivity contribution in [3.63, 3.8) is 0 Å². The summed E-state index contributed by atoms with van der Waals surface area (Å²) in [5.41, 5.74) is 0.205. The highest BCUT2D eigenvalue weighted by atomic mass is 32.2. The largest absolute Gasteiger partial charge is 0.378 e. The van der Waals surface area contributed by atoms with E-state index in [-0.39, 0.29) is 22.1 Å². The number of benzene rings is 2. The van der Waals surface area contributed by atoms with Gasteiger partial charge in [-0.05, 0) is 42.5 Å². The van der Waals surface area contributed by atoms with Gasteiger partial charge in [0.25, 0.3) is 15.9 Å². The van der Waals surface area contributed by atoms with E-state index in [1.807, 2.05) is 0 Å². The summed E-state index contributed by atoms with van der Waals surface area (Å²) < 4.78 is 46.3. The number of nitrogens with zero attached hydrogens (tertiary/aromatic N) is 1. The van der Waals surface area contributed by atoms with Crippen molar-refractivity contribution in [2.75, 3.05) is 31.0 Å². The SMILES string of the molecule is O=C(c1cc(=O)[nH]c2ccc(S(=O)(=O)Nc3ccc(F)cc3)cc12)N1CCOCC1. The van der Waals surface area contributed by atoms with Crippen LogP contribution in [-0.4, -0.2) is 50.5 Å². The second kappa shape index (κ2) is 7.88. The minimum absolute atomic E-state index is 0.0950. The Morgan fingerprint density at radius 2 is 1.77 bits per heavy atom. The number of morpholine rings is 1. The Morgan fingerprint density at radius 1 is 1.07 bits per heavy atom. The number of hydrogen-bond acceptors (Lipinski definition) is 5. The monoisotopic (exact) mass is 431 g/mol. The van der Waals surface area contributed by atoms with Crippen molar-refractivity contribution in [1.82, 2.24) is 9.88 Å². The summed E-state index contributed by atoms with van der Waals surface area (Å²) in [6.07, 6.45) is 0. The van der Waals surface area contributed by atoms with Crippen LogP contribution in [0, 0.1) is 5.82 Å². The Morgan fingerprint density at radius 3 is 2.47 bits per heavy atom. The lowest BCUT2D eigenvalue weighted by molar-refractivity contribution is 0.0304. The van der Waals surface area contributed by atoms with Gasteiger partial charge >= 0.3 is 0 Å². The van der Waals surface area contributed by atoms with Gasteiger partial charge in [0.05, 0.1) is 23.7 Å². The van der Waals surface area contributed by atoms with Crippen LogP contribution in [0.1, 0.15) is 10.4 Å². The van der Waals surface area contributed by atoms with Crippen LogP contribution in [0.5, 0.6) is 0 Å². The maximum Gasteiger partial charge on any atom is 0.261 e. The Balaban J connectivity index is 1.75. The van der Waals surface area contributed by atoms with Crippen LogP contribution in [0.3, 0.4) is 0 Å². The zero-order chi connectivity index (χ0) is 21.3. The fourth-order valence-corrected chi connectivity index (χ4v) is 4.33. The summed E-state index contributed by atoms with van der Waals surface area (Å²) in [5.74, 6) is -0.852. The van der Waals surface area contributed by atoms with Crippen molar-refractivity contribution in [3.8, 4) is 0 Å². The van der Waals surface area contributed by atoms with Crippen molar-refractivity contribution < 1.29 is 22.3 Å². The quantitative estimate of drug-likeness (QED) is 0.656. The number of sulfonamides is 1. The molecule has 4 rings (SSSR count). The molecule has 0 saturated carbocycles. The zero-order valence-corrected chi connectivity index (χ0v) is 16.5. The molecule has 1 aromatic heterocycles. The number of rotatable bonds is 4. The van der Waals surface area contributed by atoms with E-state index < -0.39 is 21.4 Å². The predicted octanol–water partition coefficient (Wildman–Crippen LogP) is 1.94. The molecule has 2 N–H and O–H groups in total. The van der Waals surface area contributed by atoms with Crippen molar-refractivity contribution in [1.29, 1.82) is 0 Å². The first-order valence-electron chi connectivity index (χ1n) is 9.16. The molecule has 0 aliphatic carbocycles. The summed E-state index contributed by atoms with van der Waals surface area (Å²) >= 11 is 0. The van der Waals surface area contributed by atoms with Crippen LogP contribution in [-0.2, 0) is 14.8 Å². The number of carbonyl (C=O) groups excluding carboxylic acids is 1. The number of amides is 1. The number of H-pyrrole nitrogens is 1. The smallest absolute Gasteiger partial charge is 0.261 e. The first-order valence-corrected chi connectivity index (χ1v) is 10.6. The van der Waals surface area contributed by atoms with Gasteiger partial charge in [0.2, 0.25) is 5.56 Å². The molecule has 0 bridgehead atoms. The standard InChI is InChI=1S/C20H18FN3O5S/c21-13-1-3-14(4-2-13)23-30(27,28)15-5-6-18-16(11-15)17(12-19(25)22-18)20(26)24-7-9-29-10-8-24/h1-6,11-12,23H,7-10H2,(H,22,25). The fourth-order valence-electron chi connectivity index (χ4n) is 3.25. The maximum absolute atomic E-state index is 13.1. The van der Waals surface area contributed by atoms with Crippen molar-refractivity contribution in [2.24, 2.45) is 0 Å². The highest BCUT2D eigenvalue weighted by Gasteiger charge is 2.23. The summed E-state index contributed by atoms with van der Waals surface area (Å²) in [5, 5.41) is 0.313. The number of pyridine rings is 1. The lowest BCUT2D eigenvalue weighted by atomic mass is 10.1. The number of ether oxygens (including phenoxy) is 1. The summed E-state index contributed by atoms with van der Waals surface area (Å²) in [6.45, 7) is 1.57. The van der Waals surface area contributed by atoms with Gasteiger partial charge in [-0.3, -0.25) is 14.3 Å². The van der Waals surface area contributed by atoms with E-state index in [1.54, 1.807) is 4.90 Å². The molecule has 1 amide bonds. The molecular formula is C20H18FN3O5S. The highest BCUT2D eigenvalue weighted by Crippen LogP contribution is 2.23. The van der Waals surface area contributed by atoms with E-state index in [9.17, 15) is 22.4 Å². The number of carbonyl (C=O) groups is 1. The van der Waals surface area contributed by atoms with Gasteiger partial charge in [-0.1, -0.05) is 0 Å². The van der Waals surface area contributed by atoms with Gasteiger partial charge in [-0.15, -0.1) is 0 Å². The summed E-state index contributed by atoms with van der Waals surface area (Å²) in [7, 11) is -4.00. The number of anilines is 1. The first kappa shape index (κ1) is 20.0.